The van der Waals surface area contributed by atoms with E-state index >= 15 is 0 Å². The zero-order chi connectivity index (χ0) is 10.7. The first-order valence-corrected chi connectivity index (χ1v) is 4.37. The predicted octanol–water partition coefficient (Wildman–Crippen LogP) is 0.201. The number of hydrogen-bond acceptors (Lipinski definition) is 3. The van der Waals surface area contributed by atoms with Gasteiger partial charge in [0.25, 0.3) is 5.56 Å². The largest absolute Gasteiger partial charge is 0.477 e. The third-order valence-electron chi connectivity index (χ3n) is 1.99. The summed E-state index contributed by atoms with van der Waals surface area (Å²) in [5.74, 6) is -1.26. The van der Waals surface area contributed by atoms with Gasteiger partial charge >= 0.3 is 5.97 Å². The molecule has 1 rings (SSSR count). The van der Waals surface area contributed by atoms with E-state index in [9.17, 15) is 9.59 Å². The Morgan fingerprint density at radius 1 is 1.57 bits per heavy atom. The molecule has 1 heterocycles. The first-order valence-electron chi connectivity index (χ1n) is 4.37. The maximum atomic E-state index is 11.1. The molecule has 1 atom stereocenters. The van der Waals surface area contributed by atoms with Crippen LogP contribution in [0.3, 0.4) is 0 Å². The Balaban J connectivity index is 3.09. The van der Waals surface area contributed by atoms with Gasteiger partial charge in [0.05, 0.1) is 5.69 Å². The Kier molecular flexibility index (Phi) is 3.08. The molecule has 0 bridgehead atoms. The van der Waals surface area contributed by atoms with Crippen LogP contribution in [0.25, 0.3) is 0 Å². The molecule has 0 amide bonds. The molecule has 6 heteroatoms. The quantitative estimate of drug-likeness (QED) is 0.554. The lowest BCUT2D eigenvalue weighted by atomic mass is 10.1. The fourth-order valence-electron chi connectivity index (χ4n) is 1.32. The van der Waals surface area contributed by atoms with Crippen LogP contribution < -0.4 is 11.3 Å². The second kappa shape index (κ2) is 4.10. The van der Waals surface area contributed by atoms with Gasteiger partial charge in [-0.25, -0.2) is 4.79 Å². The highest BCUT2D eigenvalue weighted by Crippen LogP contribution is 2.14. The Bertz CT molecular complexity index is 379. The number of nitrogens with one attached hydrogen (secondary N) is 2. The van der Waals surface area contributed by atoms with Crippen molar-refractivity contribution in [3.8, 4) is 0 Å². The Hall–Kier alpha value is -1.56. The van der Waals surface area contributed by atoms with E-state index in [1.54, 1.807) is 0 Å². The second-order valence-electron chi connectivity index (χ2n) is 3.07. The molecule has 78 valence electrons. The minimum Gasteiger partial charge on any atom is -0.477 e. The number of aromatic carboxylic acids is 1. The fraction of sp³-hybridized carbons (Fsp3) is 0.500. The van der Waals surface area contributed by atoms with E-state index in [0.29, 0.717) is 6.42 Å². The maximum absolute atomic E-state index is 11.1. The standard InChI is InChI=1S/C8H13N3O3/c1-2-3-4(9)6-5(8(13)14)7(12)11-10-6/h4H,2-3,9H2,1H3,(H,13,14)(H2,10,11,12). The van der Waals surface area contributed by atoms with Crippen LogP contribution in [-0.2, 0) is 0 Å². The molecule has 5 N–H and O–H groups in total. The van der Waals surface area contributed by atoms with E-state index in [1.165, 1.54) is 0 Å². The monoisotopic (exact) mass is 199 g/mol. The third kappa shape index (κ3) is 1.85. The molecule has 0 aromatic carbocycles. The van der Waals surface area contributed by atoms with Gasteiger partial charge in [-0.3, -0.25) is 15.0 Å². The highest BCUT2D eigenvalue weighted by atomic mass is 16.4. The van der Waals surface area contributed by atoms with Crippen LogP contribution in [0.2, 0.25) is 0 Å². The van der Waals surface area contributed by atoms with Gasteiger partial charge in [-0.2, -0.15) is 0 Å². The minimum atomic E-state index is -1.26. The summed E-state index contributed by atoms with van der Waals surface area (Å²) in [4.78, 5) is 21.8. The van der Waals surface area contributed by atoms with E-state index in [1.807, 2.05) is 6.92 Å². The van der Waals surface area contributed by atoms with Gasteiger partial charge in [0.1, 0.15) is 5.56 Å². The van der Waals surface area contributed by atoms with Crippen molar-refractivity contribution in [2.24, 2.45) is 5.73 Å². The molecule has 0 fully saturated rings. The molecule has 0 saturated heterocycles. The number of carbonyl (C=O) groups is 1. The van der Waals surface area contributed by atoms with Crippen molar-refractivity contribution in [3.63, 3.8) is 0 Å². The summed E-state index contributed by atoms with van der Waals surface area (Å²) in [5, 5.41) is 13.5. The van der Waals surface area contributed by atoms with Gasteiger partial charge in [0, 0.05) is 6.04 Å². The second-order valence-corrected chi connectivity index (χ2v) is 3.07. The van der Waals surface area contributed by atoms with Crippen molar-refractivity contribution in [2.45, 2.75) is 25.8 Å². The molecular weight excluding hydrogens is 186 g/mol. The summed E-state index contributed by atoms with van der Waals surface area (Å²) in [6.07, 6.45) is 1.46. The molecule has 1 unspecified atom stereocenters. The molecule has 0 aliphatic carbocycles. The van der Waals surface area contributed by atoms with Crippen molar-refractivity contribution < 1.29 is 9.90 Å². The normalized spacial score (nSPS) is 12.7. The van der Waals surface area contributed by atoms with Gasteiger partial charge in [0.15, 0.2) is 0 Å². The Morgan fingerprint density at radius 2 is 2.21 bits per heavy atom. The number of nitrogens with two attached hydrogens (primary N) is 1. The number of carboxylic acid groups (broad SMARTS) is 1. The highest BCUT2D eigenvalue weighted by molar-refractivity contribution is 5.88. The number of hydrogen-bond donors (Lipinski definition) is 4. The van der Waals surface area contributed by atoms with Crippen LogP contribution in [0, 0.1) is 0 Å². The van der Waals surface area contributed by atoms with Crippen LogP contribution in [0.15, 0.2) is 4.79 Å². The highest BCUT2D eigenvalue weighted by Gasteiger charge is 2.21. The molecule has 0 spiro atoms. The smallest absolute Gasteiger partial charge is 0.343 e. The van der Waals surface area contributed by atoms with Gasteiger partial charge in [-0.1, -0.05) is 13.3 Å². The molecule has 0 aliphatic heterocycles. The summed E-state index contributed by atoms with van der Waals surface area (Å²) in [5.41, 5.74) is 5.05. The predicted molar refractivity (Wildman–Crippen MR) is 50.2 cm³/mol. The lowest BCUT2D eigenvalue weighted by Gasteiger charge is -2.07. The molecule has 0 saturated carbocycles. The van der Waals surface area contributed by atoms with Crippen LogP contribution in [-0.4, -0.2) is 21.3 Å². The van der Waals surface area contributed by atoms with Crippen molar-refractivity contribution in [1.82, 2.24) is 10.2 Å². The van der Waals surface area contributed by atoms with E-state index in [4.69, 9.17) is 10.8 Å². The number of rotatable bonds is 4. The minimum absolute atomic E-state index is 0.268. The number of aromatic amines is 2. The van der Waals surface area contributed by atoms with Crippen LogP contribution in [0.1, 0.15) is 41.9 Å². The van der Waals surface area contributed by atoms with Gasteiger partial charge < -0.3 is 10.8 Å². The van der Waals surface area contributed by atoms with Crippen LogP contribution in [0.4, 0.5) is 0 Å². The van der Waals surface area contributed by atoms with Gasteiger partial charge in [-0.15, -0.1) is 0 Å². The van der Waals surface area contributed by atoms with Gasteiger partial charge in [-0.05, 0) is 6.42 Å². The van der Waals surface area contributed by atoms with Crippen LogP contribution >= 0.6 is 0 Å². The van der Waals surface area contributed by atoms with E-state index in [0.717, 1.165) is 6.42 Å². The Morgan fingerprint density at radius 3 is 2.71 bits per heavy atom. The summed E-state index contributed by atoms with van der Waals surface area (Å²) < 4.78 is 0. The van der Waals surface area contributed by atoms with E-state index < -0.39 is 17.6 Å². The molecular formula is C8H13N3O3. The molecule has 0 aliphatic rings. The molecule has 1 aromatic heterocycles. The first-order chi connectivity index (χ1) is 6.57. The van der Waals surface area contributed by atoms with Crippen molar-refractivity contribution in [1.29, 1.82) is 0 Å². The number of carboxylic acids is 1. The topological polar surface area (TPSA) is 112 Å². The SMILES string of the molecule is CCCC(N)c1[nH][nH]c(=O)c1C(=O)O. The summed E-state index contributed by atoms with van der Waals surface area (Å²) >= 11 is 0. The Labute approximate surface area is 80.1 Å². The van der Waals surface area contributed by atoms with E-state index in [-0.39, 0.29) is 11.3 Å². The molecule has 1 aromatic rings. The van der Waals surface area contributed by atoms with Crippen molar-refractivity contribution in [3.05, 3.63) is 21.6 Å². The van der Waals surface area contributed by atoms with Crippen molar-refractivity contribution in [2.75, 3.05) is 0 Å². The molecule has 14 heavy (non-hydrogen) atoms. The summed E-state index contributed by atoms with van der Waals surface area (Å²) in [6, 6.07) is -0.440. The molecule has 0 radical (unpaired) electrons. The number of H-pyrrole nitrogens is 2. The maximum Gasteiger partial charge on any atom is 0.343 e. The average molecular weight is 199 g/mol. The van der Waals surface area contributed by atoms with Gasteiger partial charge in [0.2, 0.25) is 0 Å². The zero-order valence-electron chi connectivity index (χ0n) is 7.83. The lowest BCUT2D eigenvalue weighted by molar-refractivity contribution is 0.0693. The lowest BCUT2D eigenvalue weighted by Crippen LogP contribution is -2.18. The fourth-order valence-corrected chi connectivity index (χ4v) is 1.32. The first kappa shape index (κ1) is 10.5. The third-order valence-corrected chi connectivity index (χ3v) is 1.99. The summed E-state index contributed by atoms with van der Waals surface area (Å²) in [7, 11) is 0. The van der Waals surface area contributed by atoms with E-state index in [2.05, 4.69) is 10.2 Å². The molecule has 6 nitrogen and oxygen atoms in total. The van der Waals surface area contributed by atoms with Crippen LogP contribution in [0.5, 0.6) is 0 Å². The zero-order valence-corrected chi connectivity index (χ0v) is 7.83. The number of aromatic nitrogens is 2. The summed E-state index contributed by atoms with van der Waals surface area (Å²) in [6.45, 7) is 1.94. The van der Waals surface area contributed by atoms with Crippen molar-refractivity contribution >= 4 is 5.97 Å². The average Bonchev–Trinajstić information content (AvgIpc) is 2.47.